The Hall–Kier alpha value is -1.02. The Kier molecular flexibility index (Phi) is 6.06. The molecule has 1 unspecified atom stereocenters. The Balaban J connectivity index is 2.28. The number of benzene rings is 1. The fourth-order valence-corrected chi connectivity index (χ4v) is 1.69. The van der Waals surface area contributed by atoms with Crippen LogP contribution in [0, 0.1) is 0 Å². The molecule has 0 bridgehead atoms. The summed E-state index contributed by atoms with van der Waals surface area (Å²) >= 11 is 0. The van der Waals surface area contributed by atoms with Crippen LogP contribution in [0.2, 0.25) is 0 Å². The molecule has 0 heterocycles. The molecule has 0 aromatic heterocycles. The highest BCUT2D eigenvalue weighted by Gasteiger charge is 2.01. The van der Waals surface area contributed by atoms with Crippen molar-refractivity contribution in [2.75, 3.05) is 6.61 Å². The Morgan fingerprint density at radius 2 is 1.82 bits per heavy atom. The van der Waals surface area contributed by atoms with Gasteiger partial charge in [0.05, 0.1) is 6.61 Å². The Labute approximate surface area is 105 Å². The largest absolute Gasteiger partial charge is 0.494 e. The van der Waals surface area contributed by atoms with E-state index in [0.29, 0.717) is 12.0 Å². The van der Waals surface area contributed by atoms with Crippen LogP contribution in [0.25, 0.3) is 0 Å². The lowest BCUT2D eigenvalue weighted by molar-refractivity contribution is 0.300. The predicted octanol–water partition coefficient (Wildman–Crippen LogP) is 3.71. The van der Waals surface area contributed by atoms with Crippen LogP contribution in [0.15, 0.2) is 24.3 Å². The van der Waals surface area contributed by atoms with Crippen LogP contribution in [0.4, 0.5) is 0 Å². The van der Waals surface area contributed by atoms with E-state index in [1.807, 2.05) is 0 Å². The molecule has 2 heteroatoms. The number of nitrogens with two attached hydrogens (primary N) is 1. The summed E-state index contributed by atoms with van der Waals surface area (Å²) in [6.07, 6.45) is 3.12. The molecular formula is C15H25NO. The minimum atomic E-state index is 0.321. The minimum Gasteiger partial charge on any atom is -0.494 e. The highest BCUT2D eigenvalue weighted by atomic mass is 16.5. The van der Waals surface area contributed by atoms with E-state index in [2.05, 4.69) is 45.0 Å². The zero-order valence-corrected chi connectivity index (χ0v) is 11.3. The molecule has 2 nitrogen and oxygen atoms in total. The van der Waals surface area contributed by atoms with Gasteiger partial charge in [-0.3, -0.25) is 0 Å². The topological polar surface area (TPSA) is 35.2 Å². The smallest absolute Gasteiger partial charge is 0.119 e. The van der Waals surface area contributed by atoms with Crippen LogP contribution in [-0.2, 0) is 0 Å². The second-order valence-corrected chi connectivity index (χ2v) is 4.88. The predicted molar refractivity (Wildman–Crippen MR) is 73.5 cm³/mol. The maximum atomic E-state index is 5.85. The van der Waals surface area contributed by atoms with Gasteiger partial charge in [0.2, 0.25) is 0 Å². The summed E-state index contributed by atoms with van der Waals surface area (Å²) in [5, 5.41) is 0. The molecule has 96 valence electrons. The quantitative estimate of drug-likeness (QED) is 0.731. The summed E-state index contributed by atoms with van der Waals surface area (Å²) in [6.45, 7) is 7.27. The molecule has 1 rings (SSSR count). The first-order valence-corrected chi connectivity index (χ1v) is 6.61. The van der Waals surface area contributed by atoms with Crippen molar-refractivity contribution in [3.05, 3.63) is 29.8 Å². The molecular weight excluding hydrogens is 210 g/mol. The lowest BCUT2D eigenvalue weighted by Crippen LogP contribution is -2.19. The van der Waals surface area contributed by atoms with Crippen molar-refractivity contribution in [2.45, 2.75) is 52.0 Å². The first-order chi connectivity index (χ1) is 8.13. The van der Waals surface area contributed by atoms with Crippen molar-refractivity contribution in [1.29, 1.82) is 0 Å². The molecule has 0 aliphatic heterocycles. The molecule has 0 saturated heterocycles. The van der Waals surface area contributed by atoms with Crippen LogP contribution >= 0.6 is 0 Å². The third kappa shape index (κ3) is 5.22. The lowest BCUT2D eigenvalue weighted by Gasteiger charge is -2.10. The normalized spacial score (nSPS) is 12.8. The van der Waals surface area contributed by atoms with E-state index in [-0.39, 0.29) is 0 Å². The first kappa shape index (κ1) is 14.0. The van der Waals surface area contributed by atoms with Crippen LogP contribution in [0.5, 0.6) is 5.75 Å². The average Bonchev–Trinajstić information content (AvgIpc) is 2.34. The Morgan fingerprint density at radius 1 is 1.18 bits per heavy atom. The number of ether oxygens (including phenoxy) is 1. The fourth-order valence-electron chi connectivity index (χ4n) is 1.69. The molecule has 2 N–H and O–H groups in total. The van der Waals surface area contributed by atoms with Crippen LogP contribution < -0.4 is 10.5 Å². The minimum absolute atomic E-state index is 0.321. The summed E-state index contributed by atoms with van der Waals surface area (Å²) in [5.74, 6) is 1.53. The van der Waals surface area contributed by atoms with Gasteiger partial charge in [-0.05, 0) is 42.9 Å². The van der Waals surface area contributed by atoms with Crippen molar-refractivity contribution in [2.24, 2.45) is 5.73 Å². The van der Waals surface area contributed by atoms with Gasteiger partial charge < -0.3 is 10.5 Å². The van der Waals surface area contributed by atoms with Crippen LogP contribution in [-0.4, -0.2) is 12.6 Å². The molecule has 1 atom stereocenters. The van der Waals surface area contributed by atoms with E-state index in [0.717, 1.165) is 31.6 Å². The van der Waals surface area contributed by atoms with Gasteiger partial charge in [-0.2, -0.15) is 0 Å². The van der Waals surface area contributed by atoms with Crippen molar-refractivity contribution in [3.8, 4) is 5.75 Å². The van der Waals surface area contributed by atoms with Gasteiger partial charge in [-0.25, -0.2) is 0 Å². The third-order valence-corrected chi connectivity index (χ3v) is 3.06. The van der Waals surface area contributed by atoms with Gasteiger partial charge >= 0.3 is 0 Å². The van der Waals surface area contributed by atoms with Crippen molar-refractivity contribution >= 4 is 0 Å². The maximum Gasteiger partial charge on any atom is 0.119 e. The van der Waals surface area contributed by atoms with Crippen LogP contribution in [0.1, 0.15) is 51.5 Å². The summed E-state index contributed by atoms with van der Waals surface area (Å²) in [6, 6.07) is 8.70. The monoisotopic (exact) mass is 235 g/mol. The second-order valence-electron chi connectivity index (χ2n) is 4.88. The molecule has 0 radical (unpaired) electrons. The van der Waals surface area contributed by atoms with Gasteiger partial charge in [0.1, 0.15) is 5.75 Å². The van der Waals surface area contributed by atoms with Crippen molar-refractivity contribution in [1.82, 2.24) is 0 Å². The third-order valence-electron chi connectivity index (χ3n) is 3.06. The first-order valence-electron chi connectivity index (χ1n) is 6.61. The number of rotatable bonds is 7. The lowest BCUT2D eigenvalue weighted by atomic mass is 10.0. The SMILES string of the molecule is CCC(N)CCCOc1ccc(C(C)C)cc1. The van der Waals surface area contributed by atoms with Gasteiger partial charge in [-0.15, -0.1) is 0 Å². The van der Waals surface area contributed by atoms with E-state index in [1.165, 1.54) is 5.56 Å². The molecule has 0 amide bonds. The van der Waals surface area contributed by atoms with Crippen LogP contribution in [0.3, 0.4) is 0 Å². The van der Waals surface area contributed by atoms with E-state index in [9.17, 15) is 0 Å². The summed E-state index contributed by atoms with van der Waals surface area (Å²) in [4.78, 5) is 0. The molecule has 17 heavy (non-hydrogen) atoms. The molecule has 0 fully saturated rings. The molecule has 1 aromatic rings. The highest BCUT2D eigenvalue weighted by molar-refractivity contribution is 5.28. The average molecular weight is 235 g/mol. The number of hydrogen-bond donors (Lipinski definition) is 1. The van der Waals surface area contributed by atoms with E-state index in [4.69, 9.17) is 10.5 Å². The van der Waals surface area contributed by atoms with Gasteiger partial charge in [0, 0.05) is 6.04 Å². The highest BCUT2D eigenvalue weighted by Crippen LogP contribution is 2.18. The molecule has 1 aromatic carbocycles. The maximum absolute atomic E-state index is 5.85. The van der Waals surface area contributed by atoms with E-state index < -0.39 is 0 Å². The van der Waals surface area contributed by atoms with Crippen molar-refractivity contribution < 1.29 is 4.74 Å². The molecule has 0 aliphatic rings. The second kappa shape index (κ2) is 7.33. The van der Waals surface area contributed by atoms with Gasteiger partial charge in [0.25, 0.3) is 0 Å². The fraction of sp³-hybridized carbons (Fsp3) is 0.600. The molecule has 0 aliphatic carbocycles. The summed E-state index contributed by atoms with van der Waals surface area (Å²) in [7, 11) is 0. The zero-order chi connectivity index (χ0) is 12.7. The molecule has 0 spiro atoms. The van der Waals surface area contributed by atoms with E-state index in [1.54, 1.807) is 0 Å². The van der Waals surface area contributed by atoms with Crippen molar-refractivity contribution in [3.63, 3.8) is 0 Å². The summed E-state index contributed by atoms with van der Waals surface area (Å²) < 4.78 is 5.68. The van der Waals surface area contributed by atoms with Gasteiger partial charge in [-0.1, -0.05) is 32.9 Å². The standard InChI is InChI=1S/C15H25NO/c1-4-14(16)6-5-11-17-15-9-7-13(8-10-15)12(2)3/h7-10,12,14H,4-6,11,16H2,1-3H3. The summed E-state index contributed by atoms with van der Waals surface area (Å²) in [5.41, 5.74) is 7.20. The Bertz CT molecular complexity index is 305. The Morgan fingerprint density at radius 3 is 2.35 bits per heavy atom. The number of hydrogen-bond acceptors (Lipinski definition) is 2. The van der Waals surface area contributed by atoms with Gasteiger partial charge in [0.15, 0.2) is 0 Å². The van der Waals surface area contributed by atoms with E-state index >= 15 is 0 Å². The zero-order valence-electron chi connectivity index (χ0n) is 11.3. The molecule has 0 saturated carbocycles.